The van der Waals surface area contributed by atoms with Crippen LogP contribution in [-0.2, 0) is 21.4 Å². The van der Waals surface area contributed by atoms with Gasteiger partial charge in [-0.05, 0) is 30.5 Å². The van der Waals surface area contributed by atoms with Gasteiger partial charge in [-0.3, -0.25) is 4.79 Å². The van der Waals surface area contributed by atoms with Gasteiger partial charge >= 0.3 is 0 Å². The third kappa shape index (κ3) is 4.46. The Morgan fingerprint density at radius 3 is 2.72 bits per heavy atom. The number of rotatable bonds is 5. The van der Waals surface area contributed by atoms with E-state index in [-0.39, 0.29) is 18.4 Å². The van der Waals surface area contributed by atoms with Crippen LogP contribution in [-0.4, -0.2) is 47.5 Å². The number of nitrogens with one attached hydrogen (secondary N) is 1. The molecule has 0 unspecified atom stereocenters. The van der Waals surface area contributed by atoms with Gasteiger partial charge in [0.25, 0.3) is 0 Å². The highest BCUT2D eigenvalue weighted by molar-refractivity contribution is 7.88. The number of hydrogen-bond donors (Lipinski definition) is 1. The van der Waals surface area contributed by atoms with Crippen molar-refractivity contribution >= 4 is 15.9 Å². The lowest BCUT2D eigenvalue weighted by Gasteiger charge is -2.30. The van der Waals surface area contributed by atoms with Crippen molar-refractivity contribution < 1.29 is 13.2 Å². The summed E-state index contributed by atoms with van der Waals surface area (Å²) in [7, 11) is -3.24. The summed E-state index contributed by atoms with van der Waals surface area (Å²) in [6, 6.07) is 7.85. The first-order valence-electron chi connectivity index (χ1n) is 8.23. The number of benzene rings is 1. The fourth-order valence-corrected chi connectivity index (χ4v) is 3.90. The molecule has 0 saturated carbocycles. The zero-order chi connectivity index (χ0) is 17.9. The third-order valence-corrected chi connectivity index (χ3v) is 5.70. The molecule has 1 aliphatic heterocycles. The van der Waals surface area contributed by atoms with Crippen LogP contribution in [0.5, 0.6) is 0 Å². The summed E-state index contributed by atoms with van der Waals surface area (Å²) in [5.74, 6) is -0.374. The SMILES string of the molecule is CS(=O)(=O)N1CCC[C@H](C(=O)NCc2ccc(-n3ccnc3)cc2)C1. The summed E-state index contributed by atoms with van der Waals surface area (Å²) in [6.07, 6.45) is 7.94. The first-order valence-corrected chi connectivity index (χ1v) is 10.1. The molecule has 134 valence electrons. The van der Waals surface area contributed by atoms with E-state index in [0.29, 0.717) is 19.5 Å². The first kappa shape index (κ1) is 17.6. The molecule has 1 N–H and O–H groups in total. The van der Waals surface area contributed by atoms with E-state index in [1.54, 1.807) is 12.5 Å². The second-order valence-corrected chi connectivity index (χ2v) is 8.30. The quantitative estimate of drug-likeness (QED) is 0.865. The summed E-state index contributed by atoms with van der Waals surface area (Å²) in [4.78, 5) is 16.4. The smallest absolute Gasteiger partial charge is 0.224 e. The Labute approximate surface area is 147 Å². The largest absolute Gasteiger partial charge is 0.352 e. The van der Waals surface area contributed by atoms with E-state index >= 15 is 0 Å². The van der Waals surface area contributed by atoms with Gasteiger partial charge in [0.2, 0.25) is 15.9 Å². The lowest BCUT2D eigenvalue weighted by Crippen LogP contribution is -2.44. The summed E-state index contributed by atoms with van der Waals surface area (Å²) >= 11 is 0. The predicted molar refractivity (Wildman–Crippen MR) is 94.6 cm³/mol. The summed E-state index contributed by atoms with van der Waals surface area (Å²) in [5.41, 5.74) is 2.00. The monoisotopic (exact) mass is 362 g/mol. The molecule has 1 fully saturated rings. The highest BCUT2D eigenvalue weighted by atomic mass is 32.2. The van der Waals surface area contributed by atoms with Crippen LogP contribution in [0.4, 0.5) is 0 Å². The molecule has 1 atom stereocenters. The normalized spacial score (nSPS) is 18.8. The van der Waals surface area contributed by atoms with Gasteiger partial charge in [-0.2, -0.15) is 0 Å². The molecule has 2 aromatic rings. The van der Waals surface area contributed by atoms with Gasteiger partial charge in [-0.1, -0.05) is 12.1 Å². The van der Waals surface area contributed by atoms with Crippen LogP contribution in [0.15, 0.2) is 43.0 Å². The Kier molecular flexibility index (Phi) is 5.19. The molecule has 1 saturated heterocycles. The second kappa shape index (κ2) is 7.37. The van der Waals surface area contributed by atoms with Gasteiger partial charge in [-0.25, -0.2) is 17.7 Å². The van der Waals surface area contributed by atoms with Crippen LogP contribution >= 0.6 is 0 Å². The fraction of sp³-hybridized carbons (Fsp3) is 0.412. The molecule has 1 aromatic carbocycles. The highest BCUT2D eigenvalue weighted by Crippen LogP contribution is 2.19. The van der Waals surface area contributed by atoms with Gasteiger partial charge < -0.3 is 9.88 Å². The molecular formula is C17H22N4O3S. The maximum atomic E-state index is 12.4. The minimum Gasteiger partial charge on any atom is -0.352 e. The molecule has 8 heteroatoms. The van der Waals surface area contributed by atoms with Crippen LogP contribution < -0.4 is 5.32 Å². The lowest BCUT2D eigenvalue weighted by atomic mass is 9.99. The highest BCUT2D eigenvalue weighted by Gasteiger charge is 2.29. The Morgan fingerprint density at radius 2 is 2.08 bits per heavy atom. The van der Waals surface area contributed by atoms with Crippen LogP contribution in [0, 0.1) is 5.92 Å². The molecular weight excluding hydrogens is 340 g/mol. The Morgan fingerprint density at radius 1 is 1.32 bits per heavy atom. The number of nitrogens with zero attached hydrogens (tertiary/aromatic N) is 3. The topological polar surface area (TPSA) is 84.3 Å². The number of amides is 1. The van der Waals surface area contributed by atoms with E-state index in [0.717, 1.165) is 17.7 Å². The minimum atomic E-state index is -3.24. The maximum absolute atomic E-state index is 12.4. The molecule has 0 bridgehead atoms. The maximum Gasteiger partial charge on any atom is 0.224 e. The van der Waals surface area contributed by atoms with Gasteiger partial charge in [-0.15, -0.1) is 0 Å². The van der Waals surface area contributed by atoms with Crippen molar-refractivity contribution in [3.05, 3.63) is 48.5 Å². The van der Waals surface area contributed by atoms with Crippen molar-refractivity contribution in [3.8, 4) is 5.69 Å². The standard InChI is InChI=1S/C17H22N4O3S/c1-25(23,24)21-9-2-3-15(12-21)17(22)19-11-14-4-6-16(7-5-14)20-10-8-18-13-20/h4-8,10,13,15H,2-3,9,11-12H2,1H3,(H,19,22)/t15-/m0/s1. The Balaban J connectivity index is 1.55. The molecule has 3 rings (SSSR count). The van der Waals surface area contributed by atoms with Crippen molar-refractivity contribution in [3.63, 3.8) is 0 Å². The minimum absolute atomic E-state index is 0.0907. The fourth-order valence-electron chi connectivity index (χ4n) is 2.99. The van der Waals surface area contributed by atoms with Crippen molar-refractivity contribution in [2.75, 3.05) is 19.3 Å². The summed E-state index contributed by atoms with van der Waals surface area (Å²) in [5, 5.41) is 2.92. The first-order chi connectivity index (χ1) is 11.9. The molecule has 2 heterocycles. The van der Waals surface area contributed by atoms with E-state index in [4.69, 9.17) is 0 Å². The molecule has 0 radical (unpaired) electrons. The van der Waals surface area contributed by atoms with E-state index < -0.39 is 10.0 Å². The van der Waals surface area contributed by atoms with E-state index in [2.05, 4.69) is 10.3 Å². The van der Waals surface area contributed by atoms with Crippen LogP contribution in [0.25, 0.3) is 5.69 Å². The molecule has 0 spiro atoms. The van der Waals surface area contributed by atoms with Crippen LogP contribution in [0.2, 0.25) is 0 Å². The van der Waals surface area contributed by atoms with E-state index in [1.807, 2.05) is 35.0 Å². The van der Waals surface area contributed by atoms with Gasteiger partial charge in [0.1, 0.15) is 0 Å². The number of imidazole rings is 1. The van der Waals surface area contributed by atoms with Crippen LogP contribution in [0.3, 0.4) is 0 Å². The number of aromatic nitrogens is 2. The summed E-state index contributed by atoms with van der Waals surface area (Å²) in [6.45, 7) is 1.20. The molecule has 1 amide bonds. The zero-order valence-electron chi connectivity index (χ0n) is 14.1. The molecule has 25 heavy (non-hydrogen) atoms. The predicted octanol–water partition coefficient (Wildman–Crippen LogP) is 1.16. The number of carbonyl (C=O) groups is 1. The van der Waals surface area contributed by atoms with E-state index in [1.165, 1.54) is 10.6 Å². The number of piperidine rings is 1. The van der Waals surface area contributed by atoms with Gasteiger partial charge in [0.15, 0.2) is 0 Å². The average molecular weight is 362 g/mol. The van der Waals surface area contributed by atoms with Gasteiger partial charge in [0.05, 0.1) is 18.5 Å². The summed E-state index contributed by atoms with van der Waals surface area (Å²) < 4.78 is 26.6. The third-order valence-electron chi connectivity index (χ3n) is 4.43. The number of carbonyl (C=O) groups excluding carboxylic acids is 1. The van der Waals surface area contributed by atoms with E-state index in [9.17, 15) is 13.2 Å². The number of hydrogen-bond acceptors (Lipinski definition) is 4. The lowest BCUT2D eigenvalue weighted by molar-refractivity contribution is -0.126. The van der Waals surface area contributed by atoms with Crippen molar-refractivity contribution in [2.24, 2.45) is 5.92 Å². The van der Waals surface area contributed by atoms with Crippen molar-refractivity contribution in [1.82, 2.24) is 19.2 Å². The van der Waals surface area contributed by atoms with Gasteiger partial charge in [0, 0.05) is 37.7 Å². The molecule has 1 aromatic heterocycles. The Bertz CT molecular complexity index is 816. The van der Waals surface area contributed by atoms with Crippen molar-refractivity contribution in [1.29, 1.82) is 0 Å². The second-order valence-electron chi connectivity index (χ2n) is 6.31. The number of sulfonamides is 1. The Hall–Kier alpha value is -2.19. The van der Waals surface area contributed by atoms with Crippen LogP contribution in [0.1, 0.15) is 18.4 Å². The van der Waals surface area contributed by atoms with Crippen molar-refractivity contribution in [2.45, 2.75) is 19.4 Å². The molecule has 0 aliphatic carbocycles. The molecule has 1 aliphatic rings. The zero-order valence-corrected chi connectivity index (χ0v) is 14.9. The average Bonchev–Trinajstić information content (AvgIpc) is 3.14. The molecule has 7 nitrogen and oxygen atoms in total.